The third-order valence-corrected chi connectivity index (χ3v) is 2.39. The van der Waals surface area contributed by atoms with Crippen LogP contribution in [0.2, 0.25) is 0 Å². The van der Waals surface area contributed by atoms with Gasteiger partial charge in [-0.25, -0.2) is 4.79 Å². The number of rotatable bonds is 1. The van der Waals surface area contributed by atoms with Crippen LogP contribution in [0.1, 0.15) is 25.5 Å². The topological polar surface area (TPSA) is 64.1 Å². The molecule has 0 aromatic carbocycles. The SMILES string of the molecule is O=c1[nH]c(=O)n(C2CCCCO2)cc1F. The molecule has 0 spiro atoms. The molecule has 0 saturated carbocycles. The van der Waals surface area contributed by atoms with Gasteiger partial charge in [-0.3, -0.25) is 14.3 Å². The summed E-state index contributed by atoms with van der Waals surface area (Å²) in [5.41, 5.74) is -1.62. The van der Waals surface area contributed by atoms with Gasteiger partial charge in [-0.1, -0.05) is 0 Å². The predicted molar refractivity (Wildman–Crippen MR) is 50.1 cm³/mol. The molecule has 5 nitrogen and oxygen atoms in total. The molecule has 1 aliphatic rings. The summed E-state index contributed by atoms with van der Waals surface area (Å²) in [6, 6.07) is 0. The lowest BCUT2D eigenvalue weighted by atomic mass is 10.2. The van der Waals surface area contributed by atoms with E-state index in [2.05, 4.69) is 0 Å². The fraction of sp³-hybridized carbons (Fsp3) is 0.556. The lowest BCUT2D eigenvalue weighted by molar-refractivity contribution is -0.0354. The van der Waals surface area contributed by atoms with E-state index < -0.39 is 23.3 Å². The Hall–Kier alpha value is -1.43. The average molecular weight is 214 g/mol. The first-order valence-corrected chi connectivity index (χ1v) is 4.81. The summed E-state index contributed by atoms with van der Waals surface area (Å²) in [5, 5.41) is 0. The van der Waals surface area contributed by atoms with Gasteiger partial charge < -0.3 is 4.74 Å². The highest BCUT2D eigenvalue weighted by Crippen LogP contribution is 2.20. The molecular weight excluding hydrogens is 203 g/mol. The molecule has 1 saturated heterocycles. The maximum atomic E-state index is 13.0. The Morgan fingerprint density at radius 1 is 1.47 bits per heavy atom. The average Bonchev–Trinajstić information content (AvgIpc) is 2.25. The van der Waals surface area contributed by atoms with Gasteiger partial charge in [-0.15, -0.1) is 0 Å². The van der Waals surface area contributed by atoms with E-state index in [1.165, 1.54) is 0 Å². The van der Waals surface area contributed by atoms with E-state index in [1.807, 2.05) is 4.98 Å². The number of aromatic nitrogens is 2. The summed E-state index contributed by atoms with van der Waals surface area (Å²) < 4.78 is 19.4. The van der Waals surface area contributed by atoms with E-state index in [9.17, 15) is 14.0 Å². The second-order valence-corrected chi connectivity index (χ2v) is 3.46. The molecule has 1 aliphatic heterocycles. The van der Waals surface area contributed by atoms with Crippen molar-refractivity contribution in [3.8, 4) is 0 Å². The van der Waals surface area contributed by atoms with Gasteiger partial charge in [0.05, 0.1) is 6.20 Å². The Balaban J connectivity index is 2.39. The van der Waals surface area contributed by atoms with Crippen molar-refractivity contribution in [2.45, 2.75) is 25.5 Å². The Labute approximate surface area is 84.5 Å². The largest absolute Gasteiger partial charge is 0.358 e. The quantitative estimate of drug-likeness (QED) is 0.734. The first-order chi connectivity index (χ1) is 7.18. The molecule has 2 rings (SSSR count). The predicted octanol–water partition coefficient (Wildman–Crippen LogP) is 0.375. The van der Waals surface area contributed by atoms with Gasteiger partial charge in [0.25, 0.3) is 5.56 Å². The van der Waals surface area contributed by atoms with E-state index >= 15 is 0 Å². The van der Waals surface area contributed by atoms with Crippen LogP contribution in [0.15, 0.2) is 15.8 Å². The zero-order valence-corrected chi connectivity index (χ0v) is 8.03. The van der Waals surface area contributed by atoms with Gasteiger partial charge in [0.2, 0.25) is 5.82 Å². The summed E-state index contributed by atoms with van der Waals surface area (Å²) in [4.78, 5) is 24.0. The molecule has 1 fully saturated rings. The number of aromatic amines is 1. The normalized spacial score (nSPS) is 21.5. The van der Waals surface area contributed by atoms with E-state index in [4.69, 9.17) is 4.74 Å². The number of hydrogen-bond acceptors (Lipinski definition) is 3. The van der Waals surface area contributed by atoms with Crippen LogP contribution in [0.4, 0.5) is 4.39 Å². The molecule has 1 aromatic heterocycles. The Morgan fingerprint density at radius 2 is 2.27 bits per heavy atom. The zero-order chi connectivity index (χ0) is 10.8. The van der Waals surface area contributed by atoms with Crippen molar-refractivity contribution >= 4 is 0 Å². The van der Waals surface area contributed by atoms with Gasteiger partial charge in [-0.05, 0) is 19.3 Å². The Morgan fingerprint density at radius 3 is 2.93 bits per heavy atom. The number of hydrogen-bond donors (Lipinski definition) is 1. The van der Waals surface area contributed by atoms with Crippen molar-refractivity contribution in [2.75, 3.05) is 6.61 Å². The third-order valence-electron chi connectivity index (χ3n) is 2.39. The highest BCUT2D eigenvalue weighted by atomic mass is 19.1. The van der Waals surface area contributed by atoms with Crippen molar-refractivity contribution in [3.05, 3.63) is 32.9 Å². The molecule has 15 heavy (non-hydrogen) atoms. The Bertz CT molecular complexity index is 459. The van der Waals surface area contributed by atoms with Crippen LogP contribution in [0, 0.1) is 5.82 Å². The zero-order valence-electron chi connectivity index (χ0n) is 8.03. The monoisotopic (exact) mass is 214 g/mol. The van der Waals surface area contributed by atoms with E-state index in [0.717, 1.165) is 23.6 Å². The smallest absolute Gasteiger partial charge is 0.330 e. The second kappa shape index (κ2) is 3.98. The number of halogens is 1. The fourth-order valence-corrected chi connectivity index (χ4v) is 1.62. The summed E-state index contributed by atoms with van der Waals surface area (Å²) >= 11 is 0. The maximum absolute atomic E-state index is 13.0. The van der Waals surface area contributed by atoms with Gasteiger partial charge >= 0.3 is 5.69 Å². The molecule has 1 unspecified atom stereocenters. The van der Waals surface area contributed by atoms with Crippen molar-refractivity contribution in [3.63, 3.8) is 0 Å². The van der Waals surface area contributed by atoms with E-state index in [0.29, 0.717) is 13.0 Å². The minimum absolute atomic E-state index is 0.461. The molecule has 0 amide bonds. The van der Waals surface area contributed by atoms with Crippen LogP contribution in [0.3, 0.4) is 0 Å². The van der Waals surface area contributed by atoms with Gasteiger partial charge in [-0.2, -0.15) is 4.39 Å². The molecule has 1 aromatic rings. The number of nitrogens with zero attached hydrogens (tertiary/aromatic N) is 1. The van der Waals surface area contributed by atoms with Gasteiger partial charge in [0, 0.05) is 6.61 Å². The highest BCUT2D eigenvalue weighted by molar-refractivity contribution is 4.88. The molecule has 1 atom stereocenters. The van der Waals surface area contributed by atoms with Crippen molar-refractivity contribution < 1.29 is 9.13 Å². The standard InChI is InChI=1S/C9H11FN2O3/c10-6-5-12(9(14)11-8(6)13)7-3-1-2-4-15-7/h5,7H,1-4H2,(H,11,13,14). The molecule has 1 N–H and O–H groups in total. The summed E-state index contributed by atoms with van der Waals surface area (Å²) in [6.45, 7) is 0.553. The number of H-pyrrole nitrogens is 1. The van der Waals surface area contributed by atoms with Gasteiger partial charge in [0.1, 0.15) is 6.23 Å². The molecule has 0 radical (unpaired) electrons. The highest BCUT2D eigenvalue weighted by Gasteiger charge is 2.18. The number of nitrogens with one attached hydrogen (secondary N) is 1. The first-order valence-electron chi connectivity index (χ1n) is 4.81. The fourth-order valence-electron chi connectivity index (χ4n) is 1.62. The molecule has 82 valence electrons. The van der Waals surface area contributed by atoms with Crippen LogP contribution < -0.4 is 11.2 Å². The van der Waals surface area contributed by atoms with Crippen LogP contribution in [0.5, 0.6) is 0 Å². The molecule has 6 heteroatoms. The minimum Gasteiger partial charge on any atom is -0.358 e. The summed E-state index contributed by atoms with van der Waals surface area (Å²) in [5.74, 6) is -0.969. The second-order valence-electron chi connectivity index (χ2n) is 3.46. The van der Waals surface area contributed by atoms with Crippen LogP contribution in [0.25, 0.3) is 0 Å². The van der Waals surface area contributed by atoms with E-state index in [1.54, 1.807) is 0 Å². The first kappa shape index (κ1) is 10.1. The van der Waals surface area contributed by atoms with Crippen LogP contribution in [-0.2, 0) is 4.74 Å². The van der Waals surface area contributed by atoms with Crippen LogP contribution in [-0.4, -0.2) is 16.2 Å². The lowest BCUT2D eigenvalue weighted by Crippen LogP contribution is -2.35. The number of ether oxygens (including phenoxy) is 1. The van der Waals surface area contributed by atoms with E-state index in [-0.39, 0.29) is 0 Å². The molecule has 0 aliphatic carbocycles. The van der Waals surface area contributed by atoms with Crippen molar-refractivity contribution in [1.82, 2.24) is 9.55 Å². The van der Waals surface area contributed by atoms with Crippen molar-refractivity contribution in [2.24, 2.45) is 0 Å². The van der Waals surface area contributed by atoms with Crippen molar-refractivity contribution in [1.29, 1.82) is 0 Å². The summed E-state index contributed by atoms with van der Waals surface area (Å²) in [7, 11) is 0. The third kappa shape index (κ3) is 1.99. The minimum atomic E-state index is -0.993. The molecule has 0 bridgehead atoms. The van der Waals surface area contributed by atoms with Gasteiger partial charge in [0.15, 0.2) is 0 Å². The Kier molecular flexibility index (Phi) is 2.68. The lowest BCUT2D eigenvalue weighted by Gasteiger charge is -2.23. The van der Waals surface area contributed by atoms with Crippen LogP contribution >= 0.6 is 0 Å². The summed E-state index contributed by atoms with van der Waals surface area (Å²) in [6.07, 6.45) is 2.97. The molecular formula is C9H11FN2O3. The maximum Gasteiger partial charge on any atom is 0.330 e. The molecule has 2 heterocycles.